The number of aryl methyl sites for hydroxylation is 1. The number of aromatic nitrogens is 2. The highest BCUT2D eigenvalue weighted by Gasteiger charge is 2.59. The molecule has 6 atom stereocenters. The average Bonchev–Trinajstić information content (AvgIpc) is 3.15. The molecule has 28 heavy (non-hydrogen) atoms. The molecule has 5 fully saturated rings. The van der Waals surface area contributed by atoms with Crippen LogP contribution in [0.3, 0.4) is 0 Å². The fourth-order valence-electron chi connectivity index (χ4n) is 6.46. The number of rotatable bonds is 3. The van der Waals surface area contributed by atoms with Crippen molar-refractivity contribution >= 4 is 12.0 Å². The standard InChI is InChI=1S/C21H28N4O3/c1-12-2-3-17(24-23-12)14-4-5-25(11-14)20(27)28-18-15-6-13-7-16(18)10-21(8-13,9-15)19(22)26/h2-3,13-16,18H,4-11H2,1H3,(H2,22,26)/t13?,14?,15-,16?,18?,21-/m0/s1. The first-order valence-electron chi connectivity index (χ1n) is 10.5. The van der Waals surface area contributed by atoms with Gasteiger partial charge in [-0.1, -0.05) is 0 Å². The second-order valence-electron chi connectivity index (χ2n) is 9.49. The largest absolute Gasteiger partial charge is 0.446 e. The summed E-state index contributed by atoms with van der Waals surface area (Å²) in [5.74, 6) is 1.19. The highest BCUT2D eigenvalue weighted by atomic mass is 16.6. The first kappa shape index (κ1) is 17.9. The number of carbonyl (C=O) groups excluding carboxylic acids is 2. The van der Waals surface area contributed by atoms with Gasteiger partial charge in [-0.3, -0.25) is 4.79 Å². The van der Waals surface area contributed by atoms with Gasteiger partial charge in [-0.25, -0.2) is 4.79 Å². The molecule has 1 aliphatic heterocycles. The fraction of sp³-hybridized carbons (Fsp3) is 0.714. The van der Waals surface area contributed by atoms with E-state index in [1.165, 1.54) is 0 Å². The van der Waals surface area contributed by atoms with Crippen LogP contribution in [0, 0.1) is 30.1 Å². The van der Waals surface area contributed by atoms with Gasteiger partial charge in [0.15, 0.2) is 0 Å². The van der Waals surface area contributed by atoms with E-state index in [2.05, 4.69) is 10.2 Å². The van der Waals surface area contributed by atoms with E-state index in [4.69, 9.17) is 10.5 Å². The zero-order valence-electron chi connectivity index (χ0n) is 16.3. The molecule has 6 rings (SSSR count). The summed E-state index contributed by atoms with van der Waals surface area (Å²) in [6.07, 6.45) is 5.24. The van der Waals surface area contributed by atoms with Crippen molar-refractivity contribution in [3.63, 3.8) is 0 Å². The van der Waals surface area contributed by atoms with Crippen molar-refractivity contribution in [3.8, 4) is 0 Å². The SMILES string of the molecule is Cc1ccc(C2CCN(C(=O)OC3C4CC5C[C@H]3C[C@@](C(N)=O)(C5)C4)C2)nn1. The Balaban J connectivity index is 1.23. The van der Waals surface area contributed by atoms with E-state index in [-0.39, 0.29) is 41.3 Å². The number of carbonyl (C=O) groups is 2. The van der Waals surface area contributed by atoms with Crippen LogP contribution in [-0.4, -0.2) is 46.3 Å². The molecule has 1 aromatic rings. The van der Waals surface area contributed by atoms with E-state index in [0.29, 0.717) is 19.0 Å². The van der Waals surface area contributed by atoms with Gasteiger partial charge in [0.2, 0.25) is 5.91 Å². The highest BCUT2D eigenvalue weighted by molar-refractivity contribution is 5.81. The lowest BCUT2D eigenvalue weighted by Gasteiger charge is -2.58. The van der Waals surface area contributed by atoms with E-state index < -0.39 is 0 Å². The highest BCUT2D eigenvalue weighted by Crippen LogP contribution is 2.60. The van der Waals surface area contributed by atoms with Crippen molar-refractivity contribution in [1.29, 1.82) is 0 Å². The summed E-state index contributed by atoms with van der Waals surface area (Å²) in [6, 6.07) is 3.97. The van der Waals surface area contributed by atoms with Gasteiger partial charge < -0.3 is 15.4 Å². The Kier molecular flexibility index (Phi) is 4.10. The summed E-state index contributed by atoms with van der Waals surface area (Å²) in [4.78, 5) is 26.7. The predicted molar refractivity (Wildman–Crippen MR) is 101 cm³/mol. The molecule has 7 heteroatoms. The third-order valence-corrected chi connectivity index (χ3v) is 7.63. The van der Waals surface area contributed by atoms with Crippen LogP contribution >= 0.6 is 0 Å². The molecular formula is C21H28N4O3. The van der Waals surface area contributed by atoms with Crippen LogP contribution in [-0.2, 0) is 9.53 Å². The molecule has 2 amide bonds. The minimum absolute atomic E-state index is 0.0604. The van der Waals surface area contributed by atoms with Crippen molar-refractivity contribution in [3.05, 3.63) is 23.5 Å². The Labute approximate surface area is 165 Å². The van der Waals surface area contributed by atoms with E-state index in [1.807, 2.05) is 19.1 Å². The molecule has 2 heterocycles. The average molecular weight is 384 g/mol. The van der Waals surface area contributed by atoms with E-state index >= 15 is 0 Å². The zero-order valence-corrected chi connectivity index (χ0v) is 16.3. The number of hydrogen-bond acceptors (Lipinski definition) is 5. The van der Waals surface area contributed by atoms with Gasteiger partial charge in [0.1, 0.15) is 6.10 Å². The van der Waals surface area contributed by atoms with Gasteiger partial charge in [0.25, 0.3) is 0 Å². The molecule has 4 unspecified atom stereocenters. The Hall–Kier alpha value is -2.18. The van der Waals surface area contributed by atoms with E-state index in [9.17, 15) is 9.59 Å². The minimum atomic E-state index is -0.345. The van der Waals surface area contributed by atoms with Crippen molar-refractivity contribution in [2.45, 2.75) is 57.5 Å². The molecule has 0 aromatic carbocycles. The lowest BCUT2D eigenvalue weighted by molar-refractivity contribution is -0.161. The fourth-order valence-corrected chi connectivity index (χ4v) is 6.46. The van der Waals surface area contributed by atoms with Crippen LogP contribution in [0.2, 0.25) is 0 Å². The van der Waals surface area contributed by atoms with Crippen molar-refractivity contribution in [2.75, 3.05) is 13.1 Å². The summed E-state index contributed by atoms with van der Waals surface area (Å²) >= 11 is 0. The quantitative estimate of drug-likeness (QED) is 0.863. The second-order valence-corrected chi connectivity index (χ2v) is 9.49. The van der Waals surface area contributed by atoms with Crippen LogP contribution < -0.4 is 5.73 Å². The molecular weight excluding hydrogens is 356 g/mol. The van der Waals surface area contributed by atoms with Gasteiger partial charge in [-0.2, -0.15) is 10.2 Å². The molecule has 4 saturated carbocycles. The van der Waals surface area contributed by atoms with Gasteiger partial charge >= 0.3 is 6.09 Å². The molecule has 7 nitrogen and oxygen atoms in total. The molecule has 1 aromatic heterocycles. The Morgan fingerprint density at radius 2 is 1.93 bits per heavy atom. The van der Waals surface area contributed by atoms with Crippen molar-refractivity contribution in [1.82, 2.24) is 15.1 Å². The van der Waals surface area contributed by atoms with Crippen LogP contribution in [0.5, 0.6) is 0 Å². The maximum Gasteiger partial charge on any atom is 0.410 e. The summed E-state index contributed by atoms with van der Waals surface area (Å²) < 4.78 is 6.04. The number of nitrogens with two attached hydrogens (primary N) is 1. The maximum atomic E-state index is 12.9. The summed E-state index contributed by atoms with van der Waals surface area (Å²) in [6.45, 7) is 3.24. The van der Waals surface area contributed by atoms with Crippen LogP contribution in [0.4, 0.5) is 4.79 Å². The number of ether oxygens (including phenoxy) is 1. The predicted octanol–water partition coefficient (Wildman–Crippen LogP) is 2.39. The first-order chi connectivity index (χ1) is 13.4. The molecule has 0 spiro atoms. The normalized spacial score (nSPS) is 38.6. The molecule has 4 bridgehead atoms. The number of primary amides is 1. The molecule has 5 aliphatic rings. The van der Waals surface area contributed by atoms with Crippen molar-refractivity contribution < 1.29 is 14.3 Å². The molecule has 150 valence electrons. The van der Waals surface area contributed by atoms with Crippen LogP contribution in [0.1, 0.15) is 55.8 Å². The van der Waals surface area contributed by atoms with Gasteiger partial charge in [0, 0.05) is 19.0 Å². The number of likely N-dealkylation sites (tertiary alicyclic amines) is 1. The lowest BCUT2D eigenvalue weighted by Crippen LogP contribution is -2.59. The molecule has 2 N–H and O–H groups in total. The smallest absolute Gasteiger partial charge is 0.410 e. The monoisotopic (exact) mass is 384 g/mol. The molecule has 0 radical (unpaired) electrons. The Bertz CT molecular complexity index is 779. The molecule has 4 aliphatic carbocycles. The minimum Gasteiger partial charge on any atom is -0.446 e. The van der Waals surface area contributed by atoms with Gasteiger partial charge in [-0.15, -0.1) is 0 Å². The van der Waals surface area contributed by atoms with Crippen LogP contribution in [0.25, 0.3) is 0 Å². The Morgan fingerprint density at radius 3 is 2.57 bits per heavy atom. The van der Waals surface area contributed by atoms with E-state index in [0.717, 1.165) is 49.9 Å². The first-order valence-corrected chi connectivity index (χ1v) is 10.5. The van der Waals surface area contributed by atoms with Gasteiger partial charge in [0.05, 0.1) is 16.8 Å². The molecule has 1 saturated heterocycles. The van der Waals surface area contributed by atoms with Crippen LogP contribution in [0.15, 0.2) is 12.1 Å². The Morgan fingerprint density at radius 1 is 1.18 bits per heavy atom. The topological polar surface area (TPSA) is 98.4 Å². The maximum absolute atomic E-state index is 12.9. The number of hydrogen-bond donors (Lipinski definition) is 1. The van der Waals surface area contributed by atoms with Gasteiger partial charge in [-0.05, 0) is 75.3 Å². The summed E-state index contributed by atoms with van der Waals surface area (Å²) in [7, 11) is 0. The van der Waals surface area contributed by atoms with E-state index in [1.54, 1.807) is 4.90 Å². The third-order valence-electron chi connectivity index (χ3n) is 7.63. The summed E-state index contributed by atoms with van der Waals surface area (Å²) in [5.41, 5.74) is 7.25. The lowest BCUT2D eigenvalue weighted by atomic mass is 9.48. The third kappa shape index (κ3) is 2.86. The van der Waals surface area contributed by atoms with Crippen molar-refractivity contribution in [2.24, 2.45) is 28.9 Å². The second kappa shape index (κ2) is 6.42. The zero-order chi connectivity index (χ0) is 19.5. The summed E-state index contributed by atoms with van der Waals surface area (Å²) in [5, 5.41) is 8.42. The number of amides is 2. The number of nitrogens with zero attached hydrogens (tertiary/aromatic N) is 3.